The number of rotatable bonds is 5. The molecule has 0 aliphatic carbocycles. The van der Waals surface area contributed by atoms with Crippen molar-refractivity contribution in [3.8, 4) is 0 Å². The second-order valence-electron chi connectivity index (χ2n) is 4.05. The van der Waals surface area contributed by atoms with E-state index >= 15 is 0 Å². The summed E-state index contributed by atoms with van der Waals surface area (Å²) in [6, 6.07) is 2.89. The molecule has 7 nitrogen and oxygen atoms in total. The molecule has 0 radical (unpaired) electrons. The fraction of sp³-hybridized carbons (Fsp3) is 0.300. The molecule has 9 heteroatoms. The van der Waals surface area contributed by atoms with Gasteiger partial charge >= 0.3 is 0 Å². The topological polar surface area (TPSA) is 117 Å². The predicted octanol–water partition coefficient (Wildman–Crippen LogP) is 0.575. The van der Waals surface area contributed by atoms with E-state index in [0.717, 1.165) is 12.1 Å². The molecule has 19 heavy (non-hydrogen) atoms. The molecular weight excluding hydrogens is 275 g/mol. The van der Waals surface area contributed by atoms with Crippen molar-refractivity contribution < 1.29 is 18.0 Å². The van der Waals surface area contributed by atoms with Crippen LogP contribution in [0.3, 0.4) is 0 Å². The quantitative estimate of drug-likeness (QED) is 0.274. The van der Waals surface area contributed by atoms with Crippen LogP contribution in [0.15, 0.2) is 23.4 Å². The molecule has 0 atom stereocenters. The van der Waals surface area contributed by atoms with Crippen LogP contribution in [0.2, 0.25) is 0 Å². The molecule has 1 aromatic rings. The maximum atomic E-state index is 13.1. The van der Waals surface area contributed by atoms with E-state index < -0.39 is 21.9 Å². The van der Waals surface area contributed by atoms with Gasteiger partial charge in [-0.15, -0.1) is 0 Å². The fourth-order valence-corrected chi connectivity index (χ4v) is 2.50. The number of benzene rings is 1. The van der Waals surface area contributed by atoms with Gasteiger partial charge in [0.2, 0.25) is 0 Å². The second-order valence-corrected chi connectivity index (χ2v) is 5.50. The molecule has 0 bridgehead atoms. The molecule has 0 saturated heterocycles. The molecule has 106 valence electrons. The number of amidine groups is 1. The molecule has 0 aliphatic rings. The highest BCUT2D eigenvalue weighted by Crippen LogP contribution is 2.18. The zero-order chi connectivity index (χ0) is 14.6. The third-order valence-electron chi connectivity index (χ3n) is 2.00. The molecular formula is C10H15FN4O3S. The van der Waals surface area contributed by atoms with E-state index in [-0.39, 0.29) is 17.3 Å². The average Bonchev–Trinajstić information content (AvgIpc) is 2.28. The molecule has 0 saturated carbocycles. The van der Waals surface area contributed by atoms with Crippen molar-refractivity contribution in [3.63, 3.8) is 0 Å². The SMILES string of the molecule is CC(C)NS(=O)(=O)Nc1ccc(F)cc1/C(N)=N/O. The van der Waals surface area contributed by atoms with Crippen molar-refractivity contribution in [1.29, 1.82) is 0 Å². The van der Waals surface area contributed by atoms with Gasteiger partial charge in [-0.05, 0) is 32.0 Å². The molecule has 0 spiro atoms. The highest BCUT2D eigenvalue weighted by molar-refractivity contribution is 7.90. The van der Waals surface area contributed by atoms with Crippen LogP contribution in [0.1, 0.15) is 19.4 Å². The summed E-state index contributed by atoms with van der Waals surface area (Å²) in [4.78, 5) is 0. The summed E-state index contributed by atoms with van der Waals surface area (Å²) >= 11 is 0. The first-order valence-corrected chi connectivity index (χ1v) is 6.81. The van der Waals surface area contributed by atoms with Gasteiger partial charge in [-0.2, -0.15) is 13.1 Å². The van der Waals surface area contributed by atoms with Gasteiger partial charge in [-0.3, -0.25) is 4.72 Å². The van der Waals surface area contributed by atoms with Crippen molar-refractivity contribution >= 4 is 21.7 Å². The molecule has 0 heterocycles. The van der Waals surface area contributed by atoms with E-state index in [1.54, 1.807) is 13.8 Å². The Bertz CT molecular complexity index is 586. The third kappa shape index (κ3) is 4.38. The molecule has 0 unspecified atom stereocenters. The number of halogens is 1. The van der Waals surface area contributed by atoms with Crippen molar-refractivity contribution in [2.24, 2.45) is 10.9 Å². The summed E-state index contributed by atoms with van der Waals surface area (Å²) in [5.74, 6) is -1.04. The highest BCUT2D eigenvalue weighted by Gasteiger charge is 2.16. The lowest BCUT2D eigenvalue weighted by atomic mass is 10.1. The second kappa shape index (κ2) is 5.85. The Morgan fingerprint density at radius 3 is 2.63 bits per heavy atom. The number of hydrogen-bond donors (Lipinski definition) is 4. The largest absolute Gasteiger partial charge is 0.409 e. The first-order valence-electron chi connectivity index (χ1n) is 5.32. The molecule has 0 fully saturated rings. The van der Waals surface area contributed by atoms with Crippen LogP contribution >= 0.6 is 0 Å². The summed E-state index contributed by atoms with van der Waals surface area (Å²) in [6.07, 6.45) is 0. The Balaban J connectivity index is 3.15. The number of nitrogens with zero attached hydrogens (tertiary/aromatic N) is 1. The van der Waals surface area contributed by atoms with E-state index in [2.05, 4.69) is 14.6 Å². The minimum atomic E-state index is -3.83. The smallest absolute Gasteiger partial charge is 0.299 e. The lowest BCUT2D eigenvalue weighted by Crippen LogP contribution is -2.35. The van der Waals surface area contributed by atoms with Crippen LogP contribution in [0, 0.1) is 5.82 Å². The number of nitrogens with two attached hydrogens (primary N) is 1. The van der Waals surface area contributed by atoms with Gasteiger partial charge in [0.1, 0.15) is 5.82 Å². The molecule has 5 N–H and O–H groups in total. The first kappa shape index (κ1) is 15.2. The Labute approximate surface area is 110 Å². The number of oxime groups is 1. The Hall–Kier alpha value is -1.87. The van der Waals surface area contributed by atoms with Crippen LogP contribution in [0.25, 0.3) is 0 Å². The Kier molecular flexibility index (Phi) is 4.67. The molecule has 0 aliphatic heterocycles. The first-order chi connectivity index (χ1) is 8.75. The standard InChI is InChI=1S/C10H15FN4O3S/c1-6(2)14-19(17,18)15-9-4-3-7(11)5-8(9)10(12)13-16/h3-6,14-16H,1-2H3,(H2,12,13). The van der Waals surface area contributed by atoms with E-state index in [1.807, 2.05) is 0 Å². The van der Waals surface area contributed by atoms with Crippen LogP contribution in [0.5, 0.6) is 0 Å². The molecule has 1 aromatic carbocycles. The van der Waals surface area contributed by atoms with Gasteiger partial charge in [-0.25, -0.2) is 4.39 Å². The number of nitrogens with one attached hydrogen (secondary N) is 2. The van der Waals surface area contributed by atoms with Gasteiger partial charge in [0, 0.05) is 11.6 Å². The van der Waals surface area contributed by atoms with Crippen LogP contribution in [-0.2, 0) is 10.2 Å². The minimum Gasteiger partial charge on any atom is -0.409 e. The van der Waals surface area contributed by atoms with Gasteiger partial charge in [0.05, 0.1) is 5.69 Å². The van der Waals surface area contributed by atoms with E-state index in [0.29, 0.717) is 0 Å². The van der Waals surface area contributed by atoms with Gasteiger partial charge in [-0.1, -0.05) is 5.16 Å². The third-order valence-corrected chi connectivity index (χ3v) is 3.27. The normalized spacial score (nSPS) is 12.7. The predicted molar refractivity (Wildman–Crippen MR) is 69.7 cm³/mol. The van der Waals surface area contributed by atoms with Crippen molar-refractivity contribution in [3.05, 3.63) is 29.6 Å². The van der Waals surface area contributed by atoms with Crippen molar-refractivity contribution in [1.82, 2.24) is 4.72 Å². The van der Waals surface area contributed by atoms with Crippen LogP contribution in [-0.4, -0.2) is 25.5 Å². The molecule has 1 rings (SSSR count). The number of anilines is 1. The van der Waals surface area contributed by atoms with Crippen LogP contribution < -0.4 is 15.2 Å². The summed E-state index contributed by atoms with van der Waals surface area (Å²) in [6.45, 7) is 3.29. The van der Waals surface area contributed by atoms with Crippen molar-refractivity contribution in [2.75, 3.05) is 4.72 Å². The Morgan fingerprint density at radius 2 is 2.11 bits per heavy atom. The zero-order valence-electron chi connectivity index (χ0n) is 10.4. The summed E-state index contributed by atoms with van der Waals surface area (Å²) in [5.41, 5.74) is 5.31. The average molecular weight is 290 g/mol. The molecule has 0 amide bonds. The van der Waals surface area contributed by atoms with E-state index in [4.69, 9.17) is 10.9 Å². The van der Waals surface area contributed by atoms with E-state index in [9.17, 15) is 12.8 Å². The monoisotopic (exact) mass is 290 g/mol. The summed E-state index contributed by atoms with van der Waals surface area (Å²) in [5, 5.41) is 11.3. The highest BCUT2D eigenvalue weighted by atomic mass is 32.2. The van der Waals surface area contributed by atoms with Gasteiger partial charge in [0.25, 0.3) is 10.2 Å². The number of hydrogen-bond acceptors (Lipinski definition) is 4. The maximum absolute atomic E-state index is 13.1. The summed E-state index contributed by atoms with van der Waals surface area (Å²) < 4.78 is 41.0. The maximum Gasteiger partial charge on any atom is 0.299 e. The van der Waals surface area contributed by atoms with Crippen LogP contribution in [0.4, 0.5) is 10.1 Å². The lowest BCUT2D eigenvalue weighted by Gasteiger charge is -2.14. The fourth-order valence-electron chi connectivity index (χ4n) is 1.36. The minimum absolute atomic E-state index is 0.00449. The zero-order valence-corrected chi connectivity index (χ0v) is 11.2. The van der Waals surface area contributed by atoms with Gasteiger partial charge in [0.15, 0.2) is 5.84 Å². The van der Waals surface area contributed by atoms with E-state index in [1.165, 1.54) is 6.07 Å². The Morgan fingerprint density at radius 1 is 1.47 bits per heavy atom. The van der Waals surface area contributed by atoms with Gasteiger partial charge < -0.3 is 10.9 Å². The molecule has 0 aromatic heterocycles. The summed E-state index contributed by atoms with van der Waals surface area (Å²) in [7, 11) is -3.83. The lowest BCUT2D eigenvalue weighted by molar-refractivity contribution is 0.318. The van der Waals surface area contributed by atoms with Crippen molar-refractivity contribution in [2.45, 2.75) is 19.9 Å².